The molecule has 0 spiro atoms. The molecule has 0 saturated carbocycles. The van der Waals surface area contributed by atoms with E-state index in [-0.39, 0.29) is 12.2 Å². The van der Waals surface area contributed by atoms with Gasteiger partial charge in [-0.2, -0.15) is 0 Å². The van der Waals surface area contributed by atoms with Gasteiger partial charge in [-0.3, -0.25) is 4.79 Å². The highest BCUT2D eigenvalue weighted by Crippen LogP contribution is 2.08. The standard InChI is InChI=1S/C12H11NO2.C2H6/c1-9-7-11(15-13-9)8-12(14)10-5-3-2-4-6-10;1-2/h2-7H,8H2,1H3;1-2H3. The van der Waals surface area contributed by atoms with Gasteiger partial charge in [0.2, 0.25) is 0 Å². The molecule has 2 rings (SSSR count). The smallest absolute Gasteiger partial charge is 0.170 e. The van der Waals surface area contributed by atoms with Crippen molar-refractivity contribution in [2.24, 2.45) is 0 Å². The molecule has 0 aliphatic rings. The van der Waals surface area contributed by atoms with Crippen LogP contribution < -0.4 is 0 Å². The lowest BCUT2D eigenvalue weighted by Gasteiger charge is -1.96. The van der Waals surface area contributed by atoms with E-state index in [1.807, 2.05) is 39.0 Å². The molecule has 1 aromatic carbocycles. The number of aryl methyl sites for hydroxylation is 1. The second-order valence-electron chi connectivity index (χ2n) is 3.40. The molecule has 3 nitrogen and oxygen atoms in total. The van der Waals surface area contributed by atoms with Gasteiger partial charge < -0.3 is 4.52 Å². The highest BCUT2D eigenvalue weighted by molar-refractivity contribution is 5.97. The molecule has 0 aliphatic heterocycles. The molecule has 17 heavy (non-hydrogen) atoms. The third-order valence-electron chi connectivity index (χ3n) is 2.11. The molecule has 0 bridgehead atoms. The Morgan fingerprint density at radius 1 is 1.24 bits per heavy atom. The predicted octanol–water partition coefficient (Wildman–Crippen LogP) is 3.43. The molecule has 90 valence electrons. The maximum absolute atomic E-state index is 11.7. The Labute approximate surface area is 101 Å². The summed E-state index contributed by atoms with van der Waals surface area (Å²) in [4.78, 5) is 11.7. The first-order chi connectivity index (χ1) is 8.25. The number of rotatable bonds is 3. The molecule has 0 saturated heterocycles. The zero-order valence-corrected chi connectivity index (χ0v) is 10.4. The first-order valence-electron chi connectivity index (χ1n) is 5.76. The summed E-state index contributed by atoms with van der Waals surface area (Å²) in [6.45, 7) is 5.83. The number of carbonyl (C=O) groups is 1. The minimum Gasteiger partial charge on any atom is -0.361 e. The van der Waals surface area contributed by atoms with Crippen molar-refractivity contribution in [3.8, 4) is 0 Å². The SMILES string of the molecule is CC.Cc1cc(CC(=O)c2ccccc2)on1. The van der Waals surface area contributed by atoms with Crippen molar-refractivity contribution in [3.05, 3.63) is 53.4 Å². The van der Waals surface area contributed by atoms with Crippen LogP contribution >= 0.6 is 0 Å². The first kappa shape index (κ1) is 13.2. The van der Waals surface area contributed by atoms with Crippen LogP contribution in [-0.4, -0.2) is 10.9 Å². The zero-order valence-electron chi connectivity index (χ0n) is 10.4. The minimum absolute atomic E-state index is 0.0479. The van der Waals surface area contributed by atoms with E-state index in [2.05, 4.69) is 5.16 Å². The minimum atomic E-state index is 0.0479. The Hall–Kier alpha value is -1.90. The van der Waals surface area contributed by atoms with Gasteiger partial charge in [0.25, 0.3) is 0 Å². The average molecular weight is 231 g/mol. The summed E-state index contributed by atoms with van der Waals surface area (Å²) in [5, 5.41) is 3.74. The van der Waals surface area contributed by atoms with Crippen LogP contribution in [0.25, 0.3) is 0 Å². The maximum atomic E-state index is 11.7. The molecule has 2 aromatic rings. The molecule has 0 radical (unpaired) electrons. The van der Waals surface area contributed by atoms with Gasteiger partial charge in [-0.05, 0) is 6.92 Å². The van der Waals surface area contributed by atoms with Gasteiger partial charge in [0, 0.05) is 11.6 Å². The fraction of sp³-hybridized carbons (Fsp3) is 0.286. The summed E-state index contributed by atoms with van der Waals surface area (Å²) in [5.74, 6) is 0.660. The van der Waals surface area contributed by atoms with Crippen molar-refractivity contribution in [1.29, 1.82) is 0 Å². The Morgan fingerprint density at radius 2 is 1.88 bits per heavy atom. The van der Waals surface area contributed by atoms with Crippen LogP contribution in [0.4, 0.5) is 0 Å². The number of hydrogen-bond donors (Lipinski definition) is 0. The second kappa shape index (κ2) is 6.63. The van der Waals surface area contributed by atoms with Crippen LogP contribution in [0.5, 0.6) is 0 Å². The third kappa shape index (κ3) is 3.87. The number of benzene rings is 1. The largest absolute Gasteiger partial charge is 0.361 e. The van der Waals surface area contributed by atoms with Crippen molar-refractivity contribution in [1.82, 2.24) is 5.16 Å². The van der Waals surface area contributed by atoms with Gasteiger partial charge in [-0.1, -0.05) is 49.3 Å². The van der Waals surface area contributed by atoms with Crippen molar-refractivity contribution in [2.45, 2.75) is 27.2 Å². The summed E-state index contributed by atoms with van der Waals surface area (Å²) in [7, 11) is 0. The normalized spacial score (nSPS) is 9.35. The molecule has 0 amide bonds. The van der Waals surface area contributed by atoms with E-state index in [4.69, 9.17) is 4.52 Å². The van der Waals surface area contributed by atoms with Gasteiger partial charge in [0.05, 0.1) is 12.1 Å². The van der Waals surface area contributed by atoms with Crippen molar-refractivity contribution >= 4 is 5.78 Å². The Morgan fingerprint density at radius 3 is 2.41 bits per heavy atom. The molecule has 0 fully saturated rings. The van der Waals surface area contributed by atoms with Crippen molar-refractivity contribution < 1.29 is 9.32 Å². The van der Waals surface area contributed by atoms with Crippen molar-refractivity contribution in [3.63, 3.8) is 0 Å². The van der Waals surface area contributed by atoms with E-state index in [1.54, 1.807) is 18.2 Å². The molecule has 0 aliphatic carbocycles. The fourth-order valence-electron chi connectivity index (χ4n) is 1.38. The van der Waals surface area contributed by atoms with E-state index in [0.29, 0.717) is 11.3 Å². The van der Waals surface area contributed by atoms with Crippen LogP contribution in [0.1, 0.15) is 35.7 Å². The number of nitrogens with zero attached hydrogens (tertiary/aromatic N) is 1. The molecule has 1 heterocycles. The monoisotopic (exact) mass is 231 g/mol. The lowest BCUT2D eigenvalue weighted by Crippen LogP contribution is -2.02. The number of aromatic nitrogens is 1. The molecule has 3 heteroatoms. The third-order valence-corrected chi connectivity index (χ3v) is 2.11. The quantitative estimate of drug-likeness (QED) is 0.760. The first-order valence-corrected chi connectivity index (χ1v) is 5.76. The highest BCUT2D eigenvalue weighted by Gasteiger charge is 2.09. The van der Waals surface area contributed by atoms with Crippen LogP contribution in [0.2, 0.25) is 0 Å². The van der Waals surface area contributed by atoms with Crippen LogP contribution in [0.15, 0.2) is 40.9 Å². The molecule has 0 unspecified atom stereocenters. The van der Waals surface area contributed by atoms with E-state index in [1.165, 1.54) is 0 Å². The van der Waals surface area contributed by atoms with Crippen LogP contribution in [-0.2, 0) is 6.42 Å². The summed E-state index contributed by atoms with van der Waals surface area (Å²) in [5.41, 5.74) is 1.50. The second-order valence-corrected chi connectivity index (χ2v) is 3.40. The summed E-state index contributed by atoms with van der Waals surface area (Å²) >= 11 is 0. The van der Waals surface area contributed by atoms with Gasteiger partial charge in [-0.15, -0.1) is 0 Å². The molecule has 1 aromatic heterocycles. The Bertz CT molecular complexity index is 460. The Balaban J connectivity index is 0.000000686. The highest BCUT2D eigenvalue weighted by atomic mass is 16.5. The lowest BCUT2D eigenvalue weighted by atomic mass is 10.1. The average Bonchev–Trinajstić information content (AvgIpc) is 2.78. The van der Waals surface area contributed by atoms with Gasteiger partial charge in [0.1, 0.15) is 5.76 Å². The van der Waals surface area contributed by atoms with E-state index >= 15 is 0 Å². The molecular weight excluding hydrogens is 214 g/mol. The summed E-state index contributed by atoms with van der Waals surface area (Å²) in [6, 6.07) is 10.9. The number of ketones is 1. The molecule has 0 atom stereocenters. The van der Waals surface area contributed by atoms with Gasteiger partial charge in [-0.25, -0.2) is 0 Å². The van der Waals surface area contributed by atoms with E-state index < -0.39 is 0 Å². The number of hydrogen-bond acceptors (Lipinski definition) is 3. The summed E-state index contributed by atoms with van der Waals surface area (Å²) < 4.78 is 4.99. The maximum Gasteiger partial charge on any atom is 0.170 e. The van der Waals surface area contributed by atoms with Gasteiger partial charge in [0.15, 0.2) is 5.78 Å². The fourth-order valence-corrected chi connectivity index (χ4v) is 1.38. The van der Waals surface area contributed by atoms with Crippen molar-refractivity contribution in [2.75, 3.05) is 0 Å². The molecular formula is C14H17NO2. The lowest BCUT2D eigenvalue weighted by molar-refractivity contribution is 0.0984. The predicted molar refractivity (Wildman–Crippen MR) is 67.1 cm³/mol. The Kier molecular flexibility index (Phi) is 5.14. The topological polar surface area (TPSA) is 43.1 Å². The summed E-state index contributed by atoms with van der Waals surface area (Å²) in [6.07, 6.45) is 0.269. The van der Waals surface area contributed by atoms with E-state index in [0.717, 1.165) is 5.69 Å². The van der Waals surface area contributed by atoms with Crippen LogP contribution in [0.3, 0.4) is 0 Å². The zero-order chi connectivity index (χ0) is 12.7. The number of carbonyl (C=O) groups excluding carboxylic acids is 1. The van der Waals surface area contributed by atoms with E-state index in [9.17, 15) is 4.79 Å². The van der Waals surface area contributed by atoms with Gasteiger partial charge >= 0.3 is 0 Å². The molecule has 0 N–H and O–H groups in total. The number of Topliss-reactive ketones (excluding diaryl/α,β-unsaturated/α-hetero) is 1. The van der Waals surface area contributed by atoms with Crippen LogP contribution in [0, 0.1) is 6.92 Å².